The number of aryl methyl sites for hydroxylation is 3. The fourth-order valence-electron chi connectivity index (χ4n) is 2.75. The second-order valence-corrected chi connectivity index (χ2v) is 8.11. The van der Waals surface area contributed by atoms with Crippen molar-refractivity contribution in [1.82, 2.24) is 14.8 Å². The van der Waals surface area contributed by atoms with Crippen molar-refractivity contribution in [3.63, 3.8) is 0 Å². The molecule has 152 valence electrons. The molecule has 0 aliphatic heterocycles. The Balaban J connectivity index is 1.95. The van der Waals surface area contributed by atoms with E-state index in [1.54, 1.807) is 13.2 Å². The van der Waals surface area contributed by atoms with E-state index in [0.29, 0.717) is 11.3 Å². The number of nitrogens with one attached hydrogen (secondary N) is 2. The van der Waals surface area contributed by atoms with Gasteiger partial charge in [-0.2, -0.15) is 5.10 Å². The number of methoxy groups -OCH3 is 1. The predicted molar refractivity (Wildman–Crippen MR) is 109 cm³/mol. The van der Waals surface area contributed by atoms with Gasteiger partial charge in [-0.1, -0.05) is 18.2 Å². The number of amides is 1. The van der Waals surface area contributed by atoms with E-state index in [9.17, 15) is 13.2 Å². The molecule has 10 heteroatoms. The maximum absolute atomic E-state index is 13.0. The largest absolute Gasteiger partial charge is 0.480 e. The summed E-state index contributed by atoms with van der Waals surface area (Å²) in [6, 6.07) is 6.77. The Bertz CT molecular complexity index is 1150. The summed E-state index contributed by atoms with van der Waals surface area (Å²) in [7, 11) is -1.01. The monoisotopic (exact) mass is 415 g/mol. The Kier molecular flexibility index (Phi) is 5.55. The molecule has 9 nitrogen and oxygen atoms in total. The van der Waals surface area contributed by atoms with Crippen LogP contribution in [0.3, 0.4) is 0 Å². The van der Waals surface area contributed by atoms with E-state index in [1.165, 1.54) is 30.3 Å². The molecule has 0 saturated carbocycles. The van der Waals surface area contributed by atoms with Crippen molar-refractivity contribution in [2.75, 3.05) is 17.1 Å². The highest BCUT2D eigenvalue weighted by molar-refractivity contribution is 7.92. The number of carbonyl (C=O) groups excluding carboxylic acids is 1. The molecule has 0 fully saturated rings. The SMILES string of the molecule is COc1ncc(NC(=O)c2cnn(C)c2)cc1S(=O)(=O)Nc1c(C)cccc1C. The van der Waals surface area contributed by atoms with Gasteiger partial charge in [0.05, 0.1) is 36.4 Å². The van der Waals surface area contributed by atoms with E-state index in [4.69, 9.17) is 4.74 Å². The maximum atomic E-state index is 13.0. The molecule has 2 aromatic heterocycles. The average Bonchev–Trinajstić information content (AvgIpc) is 3.11. The van der Waals surface area contributed by atoms with Gasteiger partial charge >= 0.3 is 0 Å². The third-order valence-corrected chi connectivity index (χ3v) is 5.59. The number of carbonyl (C=O) groups is 1. The number of hydrogen-bond acceptors (Lipinski definition) is 6. The van der Waals surface area contributed by atoms with Crippen molar-refractivity contribution in [2.24, 2.45) is 7.05 Å². The number of hydrogen-bond donors (Lipinski definition) is 2. The average molecular weight is 415 g/mol. The van der Waals surface area contributed by atoms with Gasteiger partial charge in [0.15, 0.2) is 4.90 Å². The lowest BCUT2D eigenvalue weighted by atomic mass is 10.1. The van der Waals surface area contributed by atoms with E-state index >= 15 is 0 Å². The zero-order valence-corrected chi connectivity index (χ0v) is 17.2. The molecule has 0 spiro atoms. The maximum Gasteiger partial charge on any atom is 0.267 e. The normalized spacial score (nSPS) is 11.2. The van der Waals surface area contributed by atoms with Crippen LogP contribution in [-0.4, -0.2) is 36.2 Å². The molecule has 3 rings (SSSR count). The standard InChI is InChI=1S/C19H21N5O4S/c1-12-6-5-7-13(2)17(12)23-29(26,27)16-8-15(10-20-19(16)28-4)22-18(25)14-9-21-24(3)11-14/h5-11,23H,1-4H3,(H,22,25). The van der Waals surface area contributed by atoms with Gasteiger partial charge in [-0.05, 0) is 31.0 Å². The molecular formula is C19H21N5O4S. The number of anilines is 2. The Labute approximate surface area is 168 Å². The van der Waals surface area contributed by atoms with Crippen molar-refractivity contribution >= 4 is 27.3 Å². The van der Waals surface area contributed by atoms with E-state index in [2.05, 4.69) is 20.1 Å². The van der Waals surface area contributed by atoms with E-state index in [-0.39, 0.29) is 16.5 Å². The molecule has 0 saturated heterocycles. The number of benzene rings is 1. The van der Waals surface area contributed by atoms with Gasteiger partial charge in [0, 0.05) is 13.2 Å². The molecule has 0 unspecified atom stereocenters. The molecule has 2 heterocycles. The fourth-order valence-corrected chi connectivity index (χ4v) is 4.10. The minimum atomic E-state index is -4.03. The van der Waals surface area contributed by atoms with Crippen LogP contribution in [0.25, 0.3) is 0 Å². The molecule has 0 aliphatic carbocycles. The van der Waals surface area contributed by atoms with Crippen molar-refractivity contribution in [2.45, 2.75) is 18.7 Å². The number of rotatable bonds is 6. The topological polar surface area (TPSA) is 115 Å². The molecule has 2 N–H and O–H groups in total. The summed E-state index contributed by atoms with van der Waals surface area (Å²) in [6.45, 7) is 3.62. The van der Waals surface area contributed by atoms with Gasteiger partial charge in [0.2, 0.25) is 5.88 Å². The van der Waals surface area contributed by atoms with Crippen molar-refractivity contribution in [3.05, 3.63) is 59.5 Å². The summed E-state index contributed by atoms with van der Waals surface area (Å²) < 4.78 is 35.3. The summed E-state index contributed by atoms with van der Waals surface area (Å²) in [5, 5.41) is 6.56. The van der Waals surface area contributed by atoms with Gasteiger partial charge in [-0.3, -0.25) is 14.2 Å². The minimum Gasteiger partial charge on any atom is -0.480 e. The van der Waals surface area contributed by atoms with Crippen molar-refractivity contribution in [3.8, 4) is 5.88 Å². The minimum absolute atomic E-state index is 0.0804. The Morgan fingerprint density at radius 2 is 1.86 bits per heavy atom. The molecule has 3 aromatic rings. The van der Waals surface area contributed by atoms with Crippen molar-refractivity contribution in [1.29, 1.82) is 0 Å². The van der Waals surface area contributed by atoms with Crippen LogP contribution in [0.5, 0.6) is 5.88 Å². The number of aromatic nitrogens is 3. The first-order chi connectivity index (χ1) is 13.7. The number of nitrogens with zero attached hydrogens (tertiary/aromatic N) is 3. The second kappa shape index (κ2) is 7.92. The fraction of sp³-hybridized carbons (Fsp3) is 0.211. The Morgan fingerprint density at radius 1 is 1.17 bits per heavy atom. The second-order valence-electron chi connectivity index (χ2n) is 6.46. The molecule has 1 amide bonds. The van der Waals surface area contributed by atoms with Gasteiger partial charge in [-0.25, -0.2) is 13.4 Å². The van der Waals surface area contributed by atoms with Crippen LogP contribution in [0.15, 0.2) is 47.8 Å². The Hall–Kier alpha value is -3.40. The lowest BCUT2D eigenvalue weighted by molar-refractivity contribution is 0.102. The zero-order chi connectivity index (χ0) is 21.2. The molecule has 0 aliphatic rings. The Morgan fingerprint density at radius 3 is 2.45 bits per heavy atom. The lowest BCUT2D eigenvalue weighted by Crippen LogP contribution is -2.17. The molecule has 0 atom stereocenters. The van der Waals surface area contributed by atoms with Crippen molar-refractivity contribution < 1.29 is 17.9 Å². The van der Waals surface area contributed by atoms with Crippen LogP contribution in [0, 0.1) is 13.8 Å². The highest BCUT2D eigenvalue weighted by atomic mass is 32.2. The summed E-state index contributed by atoms with van der Waals surface area (Å²) >= 11 is 0. The van der Waals surface area contributed by atoms with Gasteiger partial charge in [-0.15, -0.1) is 0 Å². The summed E-state index contributed by atoms with van der Waals surface area (Å²) in [5.41, 5.74) is 2.59. The number of pyridine rings is 1. The van der Waals surface area contributed by atoms with Crippen LogP contribution >= 0.6 is 0 Å². The van der Waals surface area contributed by atoms with Crippen LogP contribution in [0.1, 0.15) is 21.5 Å². The van der Waals surface area contributed by atoms with E-state index < -0.39 is 15.9 Å². The lowest BCUT2D eigenvalue weighted by Gasteiger charge is -2.15. The molecule has 0 radical (unpaired) electrons. The third-order valence-electron chi connectivity index (χ3n) is 4.24. The first-order valence-electron chi connectivity index (χ1n) is 8.64. The van der Waals surface area contributed by atoms with Gasteiger partial charge in [0.25, 0.3) is 15.9 Å². The highest BCUT2D eigenvalue weighted by Crippen LogP contribution is 2.29. The zero-order valence-electron chi connectivity index (χ0n) is 16.4. The summed E-state index contributed by atoms with van der Waals surface area (Å²) in [5.74, 6) is -0.515. The molecular weight excluding hydrogens is 394 g/mol. The van der Waals surface area contributed by atoms with Crippen LogP contribution in [0.2, 0.25) is 0 Å². The van der Waals surface area contributed by atoms with Crippen LogP contribution < -0.4 is 14.8 Å². The number of ether oxygens (including phenoxy) is 1. The number of sulfonamides is 1. The highest BCUT2D eigenvalue weighted by Gasteiger charge is 2.23. The molecule has 29 heavy (non-hydrogen) atoms. The van der Waals surface area contributed by atoms with Gasteiger partial charge in [0.1, 0.15) is 0 Å². The van der Waals surface area contributed by atoms with Gasteiger partial charge < -0.3 is 10.1 Å². The van der Waals surface area contributed by atoms with E-state index in [0.717, 1.165) is 11.1 Å². The molecule has 0 bridgehead atoms. The first-order valence-corrected chi connectivity index (χ1v) is 10.1. The quantitative estimate of drug-likeness (QED) is 0.639. The first kappa shape index (κ1) is 20.3. The van der Waals surface area contributed by atoms with Crippen LogP contribution in [0.4, 0.5) is 11.4 Å². The predicted octanol–water partition coefficient (Wildman–Crippen LogP) is 2.49. The smallest absolute Gasteiger partial charge is 0.267 e. The third kappa shape index (κ3) is 4.37. The summed E-state index contributed by atoms with van der Waals surface area (Å²) in [4.78, 5) is 16.2. The van der Waals surface area contributed by atoms with Crippen LogP contribution in [-0.2, 0) is 17.1 Å². The number of para-hydroxylation sites is 1. The van der Waals surface area contributed by atoms with E-state index in [1.807, 2.05) is 32.0 Å². The summed E-state index contributed by atoms with van der Waals surface area (Å²) in [6.07, 6.45) is 4.28. The molecule has 1 aromatic carbocycles.